The Morgan fingerprint density at radius 3 is 2.67 bits per heavy atom. The van der Waals surface area contributed by atoms with Gasteiger partial charge in [0.05, 0.1) is 22.0 Å². The van der Waals surface area contributed by atoms with Crippen LogP contribution >= 0.6 is 34.7 Å². The normalized spacial score (nSPS) is 12.3. The SMILES string of the molecule is CC(c1nc2ccccc2s1)N(C)C(=O)CSc1nnc(-c2ccc(Cl)cc2)n1C. The van der Waals surface area contributed by atoms with E-state index in [1.165, 1.54) is 11.8 Å². The highest BCUT2D eigenvalue weighted by Gasteiger charge is 2.22. The highest BCUT2D eigenvalue weighted by Crippen LogP contribution is 2.30. The minimum Gasteiger partial charge on any atom is -0.336 e. The Kier molecular flexibility index (Phi) is 6.08. The summed E-state index contributed by atoms with van der Waals surface area (Å²) in [6, 6.07) is 15.4. The first kappa shape index (κ1) is 20.8. The molecule has 2 heterocycles. The second kappa shape index (κ2) is 8.75. The predicted molar refractivity (Wildman–Crippen MR) is 123 cm³/mol. The summed E-state index contributed by atoms with van der Waals surface area (Å²) in [5, 5.41) is 10.8. The van der Waals surface area contributed by atoms with Crippen LogP contribution in [0.3, 0.4) is 0 Å². The Bertz CT molecular complexity index is 1150. The van der Waals surface area contributed by atoms with Gasteiger partial charge in [-0.2, -0.15) is 0 Å². The molecule has 0 saturated carbocycles. The highest BCUT2D eigenvalue weighted by molar-refractivity contribution is 7.99. The van der Waals surface area contributed by atoms with Crippen molar-refractivity contribution >= 4 is 50.8 Å². The summed E-state index contributed by atoms with van der Waals surface area (Å²) < 4.78 is 3.02. The first-order valence-corrected chi connectivity index (χ1v) is 11.5. The zero-order chi connectivity index (χ0) is 21.3. The van der Waals surface area contributed by atoms with E-state index >= 15 is 0 Å². The largest absolute Gasteiger partial charge is 0.336 e. The van der Waals surface area contributed by atoms with Gasteiger partial charge >= 0.3 is 0 Å². The van der Waals surface area contributed by atoms with Gasteiger partial charge in [0.2, 0.25) is 5.91 Å². The molecule has 154 valence electrons. The molecule has 0 bridgehead atoms. The van der Waals surface area contributed by atoms with Crippen molar-refractivity contribution < 1.29 is 4.79 Å². The number of aromatic nitrogens is 4. The number of thiazole rings is 1. The number of thioether (sulfide) groups is 1. The van der Waals surface area contributed by atoms with Crippen LogP contribution in [0.4, 0.5) is 0 Å². The summed E-state index contributed by atoms with van der Waals surface area (Å²) in [6.45, 7) is 2.00. The van der Waals surface area contributed by atoms with Crippen molar-refractivity contribution in [3.8, 4) is 11.4 Å². The van der Waals surface area contributed by atoms with E-state index in [9.17, 15) is 4.79 Å². The smallest absolute Gasteiger partial charge is 0.233 e. The molecule has 0 spiro atoms. The van der Waals surface area contributed by atoms with Crippen molar-refractivity contribution in [2.24, 2.45) is 7.05 Å². The van der Waals surface area contributed by atoms with Gasteiger partial charge in [-0.05, 0) is 43.3 Å². The lowest BCUT2D eigenvalue weighted by atomic mass is 10.2. The lowest BCUT2D eigenvalue weighted by molar-refractivity contribution is -0.128. The van der Waals surface area contributed by atoms with Gasteiger partial charge in [0.15, 0.2) is 11.0 Å². The van der Waals surface area contributed by atoms with Gasteiger partial charge in [-0.25, -0.2) is 4.98 Å². The monoisotopic (exact) mass is 457 g/mol. The number of para-hydroxylation sites is 1. The van der Waals surface area contributed by atoms with Crippen LogP contribution in [0.1, 0.15) is 18.0 Å². The quantitative estimate of drug-likeness (QED) is 0.379. The fourth-order valence-corrected chi connectivity index (χ4v) is 4.99. The second-order valence-electron chi connectivity index (χ2n) is 6.86. The van der Waals surface area contributed by atoms with E-state index in [0.717, 1.165) is 26.6 Å². The fraction of sp³-hybridized carbons (Fsp3) is 0.238. The minimum atomic E-state index is -0.0976. The molecule has 0 radical (unpaired) electrons. The van der Waals surface area contributed by atoms with Crippen molar-refractivity contribution in [3.63, 3.8) is 0 Å². The maximum absolute atomic E-state index is 12.8. The predicted octanol–water partition coefficient (Wildman–Crippen LogP) is 5.06. The molecule has 0 aliphatic rings. The van der Waals surface area contributed by atoms with Crippen LogP contribution in [0.5, 0.6) is 0 Å². The molecule has 1 atom stereocenters. The Hall–Kier alpha value is -2.42. The van der Waals surface area contributed by atoms with Crippen LogP contribution in [-0.4, -0.2) is 43.4 Å². The molecule has 1 amide bonds. The minimum absolute atomic E-state index is 0.0165. The van der Waals surface area contributed by atoms with E-state index in [1.54, 1.807) is 16.2 Å². The van der Waals surface area contributed by atoms with Gasteiger partial charge in [0.1, 0.15) is 5.01 Å². The van der Waals surface area contributed by atoms with Crippen LogP contribution in [0.25, 0.3) is 21.6 Å². The van der Waals surface area contributed by atoms with Gasteiger partial charge in [0.25, 0.3) is 0 Å². The van der Waals surface area contributed by atoms with E-state index in [1.807, 2.05) is 74.1 Å². The van der Waals surface area contributed by atoms with E-state index in [0.29, 0.717) is 10.2 Å². The van der Waals surface area contributed by atoms with Crippen LogP contribution in [-0.2, 0) is 11.8 Å². The highest BCUT2D eigenvalue weighted by atomic mass is 35.5. The van der Waals surface area contributed by atoms with Crippen LogP contribution < -0.4 is 0 Å². The topological polar surface area (TPSA) is 63.9 Å². The molecule has 0 aliphatic carbocycles. The number of hydrogen-bond acceptors (Lipinski definition) is 6. The molecule has 6 nitrogen and oxygen atoms in total. The zero-order valence-corrected chi connectivity index (χ0v) is 19.1. The van der Waals surface area contributed by atoms with Gasteiger partial charge < -0.3 is 9.47 Å². The number of fused-ring (bicyclic) bond motifs is 1. The summed E-state index contributed by atoms with van der Waals surface area (Å²) >= 11 is 8.96. The van der Waals surface area contributed by atoms with Gasteiger partial charge in [-0.15, -0.1) is 21.5 Å². The lowest BCUT2D eigenvalue weighted by Crippen LogP contribution is -2.31. The number of halogens is 1. The van der Waals surface area contributed by atoms with Crippen LogP contribution in [0.15, 0.2) is 53.7 Å². The molecule has 0 fully saturated rings. The summed E-state index contributed by atoms with van der Waals surface area (Å²) in [5.41, 5.74) is 1.89. The Balaban J connectivity index is 1.42. The van der Waals surface area contributed by atoms with Crippen molar-refractivity contribution in [2.75, 3.05) is 12.8 Å². The maximum Gasteiger partial charge on any atom is 0.233 e. The average molecular weight is 458 g/mol. The third-order valence-electron chi connectivity index (χ3n) is 4.90. The molecule has 2 aromatic heterocycles. The lowest BCUT2D eigenvalue weighted by Gasteiger charge is -2.23. The van der Waals surface area contributed by atoms with Crippen molar-refractivity contribution in [3.05, 3.63) is 58.6 Å². The Morgan fingerprint density at radius 1 is 1.20 bits per heavy atom. The number of amides is 1. The first-order chi connectivity index (χ1) is 14.4. The van der Waals surface area contributed by atoms with Crippen molar-refractivity contribution in [1.82, 2.24) is 24.6 Å². The second-order valence-corrected chi connectivity index (χ2v) is 9.30. The van der Waals surface area contributed by atoms with E-state index in [2.05, 4.69) is 15.2 Å². The third-order valence-corrected chi connectivity index (χ3v) is 7.37. The van der Waals surface area contributed by atoms with E-state index in [4.69, 9.17) is 11.6 Å². The number of rotatable bonds is 6. The third kappa shape index (κ3) is 4.21. The fourth-order valence-electron chi connectivity index (χ4n) is 2.97. The molecule has 4 rings (SSSR count). The Labute approximate surface area is 187 Å². The number of carbonyl (C=O) groups is 1. The Morgan fingerprint density at radius 2 is 1.93 bits per heavy atom. The number of carbonyl (C=O) groups excluding carboxylic acids is 1. The number of nitrogens with zero attached hydrogens (tertiary/aromatic N) is 5. The molecule has 1 unspecified atom stereocenters. The molecule has 9 heteroatoms. The summed E-state index contributed by atoms with van der Waals surface area (Å²) in [4.78, 5) is 19.2. The van der Waals surface area contributed by atoms with Crippen molar-refractivity contribution in [2.45, 2.75) is 18.1 Å². The molecule has 4 aromatic rings. The molecular formula is C21H20ClN5OS2. The van der Waals surface area contributed by atoms with Crippen molar-refractivity contribution in [1.29, 1.82) is 0 Å². The summed E-state index contributed by atoms with van der Waals surface area (Å²) in [6.07, 6.45) is 0. The summed E-state index contributed by atoms with van der Waals surface area (Å²) in [7, 11) is 3.71. The standard InChI is InChI=1S/C21H20ClN5OS2/c1-13(20-23-16-6-4-5-7-17(16)30-20)26(2)18(28)12-29-21-25-24-19(27(21)3)14-8-10-15(22)11-9-14/h4-11,13H,12H2,1-3H3. The molecular weight excluding hydrogens is 438 g/mol. The average Bonchev–Trinajstić information content (AvgIpc) is 3.35. The van der Waals surface area contributed by atoms with E-state index < -0.39 is 0 Å². The van der Waals surface area contributed by atoms with Gasteiger partial charge in [-0.1, -0.05) is 35.5 Å². The molecule has 30 heavy (non-hydrogen) atoms. The van der Waals surface area contributed by atoms with Gasteiger partial charge in [-0.3, -0.25) is 4.79 Å². The van der Waals surface area contributed by atoms with Crippen LogP contribution in [0.2, 0.25) is 5.02 Å². The molecule has 2 aromatic carbocycles. The maximum atomic E-state index is 12.8. The molecule has 0 aliphatic heterocycles. The van der Waals surface area contributed by atoms with E-state index in [-0.39, 0.29) is 17.7 Å². The number of benzene rings is 2. The van der Waals surface area contributed by atoms with Gasteiger partial charge in [0, 0.05) is 24.7 Å². The molecule has 0 saturated heterocycles. The first-order valence-electron chi connectivity index (χ1n) is 9.33. The summed E-state index contributed by atoms with van der Waals surface area (Å²) in [5.74, 6) is 1.03. The van der Waals surface area contributed by atoms with Crippen LogP contribution in [0, 0.1) is 0 Å². The number of hydrogen-bond donors (Lipinski definition) is 0. The zero-order valence-electron chi connectivity index (χ0n) is 16.7. The molecule has 0 N–H and O–H groups in total.